The molecule has 20 heavy (non-hydrogen) atoms. The van der Waals surface area contributed by atoms with Gasteiger partial charge in [-0.25, -0.2) is 4.79 Å². The fraction of sp³-hybridized carbons (Fsp3) is 0.533. The van der Waals surface area contributed by atoms with Crippen molar-refractivity contribution in [1.82, 2.24) is 10.6 Å². The maximum Gasteiger partial charge on any atom is 0.407 e. The molecule has 5 heteroatoms. The number of hydrogen-bond donors (Lipinski definition) is 2. The highest BCUT2D eigenvalue weighted by Gasteiger charge is 2.38. The summed E-state index contributed by atoms with van der Waals surface area (Å²) in [5.74, 6) is 0.679. The first-order valence-electron chi connectivity index (χ1n) is 7.08. The van der Waals surface area contributed by atoms with Crippen molar-refractivity contribution < 1.29 is 14.3 Å². The third-order valence-corrected chi connectivity index (χ3v) is 3.99. The van der Waals surface area contributed by atoms with Gasteiger partial charge in [-0.05, 0) is 5.56 Å². The first-order valence-corrected chi connectivity index (χ1v) is 7.08. The van der Waals surface area contributed by atoms with Gasteiger partial charge in [0.15, 0.2) is 0 Å². The molecule has 2 saturated heterocycles. The molecule has 2 aliphatic rings. The van der Waals surface area contributed by atoms with Gasteiger partial charge >= 0.3 is 6.09 Å². The summed E-state index contributed by atoms with van der Waals surface area (Å²) < 4.78 is 10.8. The number of benzene rings is 1. The first kappa shape index (κ1) is 13.4. The van der Waals surface area contributed by atoms with Gasteiger partial charge in [0, 0.05) is 31.0 Å². The summed E-state index contributed by atoms with van der Waals surface area (Å²) in [6.45, 7) is 3.49. The lowest BCUT2D eigenvalue weighted by Crippen LogP contribution is -2.60. The van der Waals surface area contributed by atoms with Crippen LogP contribution in [0.5, 0.6) is 0 Å². The van der Waals surface area contributed by atoms with E-state index in [1.807, 2.05) is 30.3 Å². The summed E-state index contributed by atoms with van der Waals surface area (Å²) in [6.07, 6.45) is -0.336. The second-order valence-electron chi connectivity index (χ2n) is 5.45. The third kappa shape index (κ3) is 3.11. The van der Waals surface area contributed by atoms with E-state index in [0.717, 1.165) is 18.7 Å². The van der Waals surface area contributed by atoms with Gasteiger partial charge in [0.1, 0.15) is 6.61 Å². The van der Waals surface area contributed by atoms with Gasteiger partial charge in [0.05, 0.1) is 13.2 Å². The molecule has 2 atom stereocenters. The second kappa shape index (κ2) is 6.24. The van der Waals surface area contributed by atoms with Crippen LogP contribution in [-0.2, 0) is 16.1 Å². The minimum atomic E-state index is -0.336. The average molecular weight is 276 g/mol. The molecule has 0 aliphatic carbocycles. The van der Waals surface area contributed by atoms with Crippen LogP contribution >= 0.6 is 0 Å². The molecule has 5 nitrogen and oxygen atoms in total. The summed E-state index contributed by atoms with van der Waals surface area (Å²) in [6, 6.07) is 9.87. The highest BCUT2D eigenvalue weighted by molar-refractivity contribution is 5.67. The van der Waals surface area contributed by atoms with Crippen molar-refractivity contribution >= 4 is 6.09 Å². The lowest BCUT2D eigenvalue weighted by atomic mass is 9.83. The highest BCUT2D eigenvalue weighted by Crippen LogP contribution is 2.23. The van der Waals surface area contributed by atoms with Crippen molar-refractivity contribution in [3.8, 4) is 0 Å². The Morgan fingerprint density at radius 1 is 1.25 bits per heavy atom. The van der Waals surface area contributed by atoms with Crippen LogP contribution in [-0.4, -0.2) is 38.4 Å². The zero-order chi connectivity index (χ0) is 13.8. The fourth-order valence-electron chi connectivity index (χ4n) is 2.93. The van der Waals surface area contributed by atoms with Gasteiger partial charge in [0.25, 0.3) is 0 Å². The lowest BCUT2D eigenvalue weighted by molar-refractivity contribution is -0.0270. The summed E-state index contributed by atoms with van der Waals surface area (Å²) in [4.78, 5) is 11.9. The van der Waals surface area contributed by atoms with E-state index in [2.05, 4.69) is 10.6 Å². The van der Waals surface area contributed by atoms with Crippen molar-refractivity contribution in [2.45, 2.75) is 12.6 Å². The Kier molecular flexibility index (Phi) is 4.18. The van der Waals surface area contributed by atoms with Crippen molar-refractivity contribution in [3.05, 3.63) is 35.9 Å². The Balaban J connectivity index is 1.51. The van der Waals surface area contributed by atoms with E-state index in [-0.39, 0.29) is 12.1 Å². The van der Waals surface area contributed by atoms with Crippen LogP contribution in [0.1, 0.15) is 5.56 Å². The maximum atomic E-state index is 11.9. The number of ether oxygens (including phenoxy) is 2. The topological polar surface area (TPSA) is 59.6 Å². The van der Waals surface area contributed by atoms with Crippen molar-refractivity contribution in [2.24, 2.45) is 11.8 Å². The number of fused-ring (bicyclic) bond motifs is 2. The van der Waals surface area contributed by atoms with Crippen molar-refractivity contribution in [1.29, 1.82) is 0 Å². The molecule has 2 fully saturated rings. The number of alkyl carbamates (subject to hydrolysis) is 1. The predicted octanol–water partition coefficient (Wildman–Crippen LogP) is 1.15. The van der Waals surface area contributed by atoms with Gasteiger partial charge < -0.3 is 20.1 Å². The molecule has 2 bridgehead atoms. The monoisotopic (exact) mass is 276 g/mol. The fourth-order valence-corrected chi connectivity index (χ4v) is 2.93. The van der Waals surface area contributed by atoms with E-state index >= 15 is 0 Å². The summed E-state index contributed by atoms with van der Waals surface area (Å²) in [5.41, 5.74) is 0.997. The zero-order valence-electron chi connectivity index (χ0n) is 11.4. The molecule has 2 aliphatic heterocycles. The largest absolute Gasteiger partial charge is 0.445 e. The van der Waals surface area contributed by atoms with Crippen LogP contribution in [0.3, 0.4) is 0 Å². The number of amides is 1. The summed E-state index contributed by atoms with van der Waals surface area (Å²) in [5, 5.41) is 6.39. The maximum absolute atomic E-state index is 11.9. The number of nitrogens with one attached hydrogen (secondary N) is 2. The van der Waals surface area contributed by atoms with Gasteiger partial charge in [-0.3, -0.25) is 0 Å². The Morgan fingerprint density at radius 3 is 2.65 bits per heavy atom. The minimum Gasteiger partial charge on any atom is -0.445 e. The molecule has 0 saturated carbocycles. The van der Waals surface area contributed by atoms with Crippen LogP contribution in [0.2, 0.25) is 0 Å². The average Bonchev–Trinajstić information content (AvgIpc) is 2.46. The number of rotatable bonds is 3. The van der Waals surface area contributed by atoms with E-state index in [0.29, 0.717) is 31.7 Å². The molecule has 2 N–H and O–H groups in total. The van der Waals surface area contributed by atoms with Crippen molar-refractivity contribution in [2.75, 3.05) is 26.3 Å². The first-order chi connectivity index (χ1) is 9.83. The summed E-state index contributed by atoms with van der Waals surface area (Å²) in [7, 11) is 0. The molecule has 0 unspecified atom stereocenters. The standard InChI is InChI=1S/C15H20N2O3/c18-15(20-8-11-4-2-1-3-5-11)17-14-12-6-16-7-13(14)10-19-9-12/h1-5,12-14,16H,6-10H2,(H,17,18)/t12-,13-/m0/s1. The Hall–Kier alpha value is -1.59. The molecular weight excluding hydrogens is 256 g/mol. The van der Waals surface area contributed by atoms with Crippen LogP contribution < -0.4 is 10.6 Å². The summed E-state index contributed by atoms with van der Waals surface area (Å²) >= 11 is 0. The quantitative estimate of drug-likeness (QED) is 0.869. The molecule has 1 aromatic carbocycles. The SMILES string of the molecule is O=C(NC1[C@H]2CNC[C@H]1COC2)OCc1ccccc1. The smallest absolute Gasteiger partial charge is 0.407 e. The highest BCUT2D eigenvalue weighted by atomic mass is 16.5. The van der Waals surface area contributed by atoms with E-state index in [9.17, 15) is 4.79 Å². The molecular formula is C15H20N2O3. The van der Waals surface area contributed by atoms with Crippen LogP contribution in [0.15, 0.2) is 30.3 Å². The van der Waals surface area contributed by atoms with Crippen LogP contribution in [0, 0.1) is 11.8 Å². The number of piperidine rings is 1. The number of carbonyl (C=O) groups excluding carboxylic acids is 1. The van der Waals surface area contributed by atoms with Crippen LogP contribution in [0.25, 0.3) is 0 Å². The lowest BCUT2D eigenvalue weighted by Gasteiger charge is -2.42. The molecule has 108 valence electrons. The van der Waals surface area contributed by atoms with Gasteiger partial charge in [0.2, 0.25) is 0 Å². The van der Waals surface area contributed by atoms with E-state index < -0.39 is 0 Å². The molecule has 1 amide bonds. The molecule has 0 radical (unpaired) electrons. The van der Waals surface area contributed by atoms with Gasteiger partial charge in [-0.1, -0.05) is 30.3 Å². The van der Waals surface area contributed by atoms with Gasteiger partial charge in [-0.15, -0.1) is 0 Å². The van der Waals surface area contributed by atoms with Crippen molar-refractivity contribution in [3.63, 3.8) is 0 Å². The molecule has 2 heterocycles. The Labute approximate surface area is 118 Å². The van der Waals surface area contributed by atoms with Crippen LogP contribution in [0.4, 0.5) is 4.79 Å². The molecule has 1 aromatic rings. The minimum absolute atomic E-state index is 0.160. The predicted molar refractivity (Wildman–Crippen MR) is 74.2 cm³/mol. The van der Waals surface area contributed by atoms with E-state index in [1.54, 1.807) is 0 Å². The third-order valence-electron chi connectivity index (χ3n) is 3.99. The molecule has 0 aromatic heterocycles. The van der Waals surface area contributed by atoms with E-state index in [4.69, 9.17) is 9.47 Å². The zero-order valence-corrected chi connectivity index (χ0v) is 11.4. The molecule has 0 spiro atoms. The number of carbonyl (C=O) groups is 1. The van der Waals surface area contributed by atoms with Gasteiger partial charge in [-0.2, -0.15) is 0 Å². The van der Waals surface area contributed by atoms with E-state index in [1.165, 1.54) is 0 Å². The molecule has 3 rings (SSSR count). The number of hydrogen-bond acceptors (Lipinski definition) is 4. The Morgan fingerprint density at radius 2 is 1.95 bits per heavy atom. The Bertz CT molecular complexity index is 430. The second-order valence-corrected chi connectivity index (χ2v) is 5.45. The normalized spacial score (nSPS) is 28.7.